The van der Waals surface area contributed by atoms with Crippen LogP contribution in [0, 0.1) is 5.41 Å². The van der Waals surface area contributed by atoms with E-state index >= 15 is 0 Å². The summed E-state index contributed by atoms with van der Waals surface area (Å²) in [5.41, 5.74) is 1.21. The first-order valence-corrected chi connectivity index (χ1v) is 13.1. The minimum absolute atomic E-state index is 0.155. The van der Waals surface area contributed by atoms with Gasteiger partial charge in [-0.1, -0.05) is 44.2 Å². The molecule has 0 spiro atoms. The highest BCUT2D eigenvalue weighted by Gasteiger charge is 2.26. The van der Waals surface area contributed by atoms with Gasteiger partial charge in [0.1, 0.15) is 9.84 Å². The fraction of sp³-hybridized carbons (Fsp3) is 0.696. The molecule has 1 aliphatic rings. The van der Waals surface area contributed by atoms with Gasteiger partial charge in [-0.05, 0) is 44.1 Å². The van der Waals surface area contributed by atoms with E-state index in [2.05, 4.69) is 73.6 Å². The second-order valence-electron chi connectivity index (χ2n) is 9.41. The lowest BCUT2D eigenvalue weighted by Crippen LogP contribution is -2.51. The minimum Gasteiger partial charge on any atom is -0.357 e. The summed E-state index contributed by atoms with van der Waals surface area (Å²) in [7, 11) is -2.95. The van der Waals surface area contributed by atoms with Crippen molar-refractivity contribution in [3.63, 3.8) is 0 Å². The molecular formula is C23H40N4O2S. The van der Waals surface area contributed by atoms with Gasteiger partial charge in [0, 0.05) is 44.5 Å². The van der Waals surface area contributed by atoms with Crippen molar-refractivity contribution < 1.29 is 8.42 Å². The zero-order valence-corrected chi connectivity index (χ0v) is 20.1. The van der Waals surface area contributed by atoms with E-state index in [-0.39, 0.29) is 11.2 Å². The molecule has 0 aliphatic carbocycles. The number of sulfone groups is 1. The van der Waals surface area contributed by atoms with Gasteiger partial charge in [0.05, 0.1) is 5.75 Å². The van der Waals surface area contributed by atoms with Crippen molar-refractivity contribution >= 4 is 15.8 Å². The maximum absolute atomic E-state index is 11.5. The highest BCUT2D eigenvalue weighted by atomic mass is 32.2. The standard InChI is InChI=1S/C23H40N4O2S/c1-6-24-22(25-18-23(3,4)13-15-30(5,28)29)26-21-12-14-27(19(2)16-21)17-20-10-8-7-9-11-20/h7-11,19,21H,6,12-18H2,1-5H3,(H2,24,25,26). The van der Waals surface area contributed by atoms with Crippen molar-refractivity contribution in [2.75, 3.05) is 31.6 Å². The summed E-state index contributed by atoms with van der Waals surface area (Å²) >= 11 is 0. The highest BCUT2D eigenvalue weighted by molar-refractivity contribution is 7.90. The van der Waals surface area contributed by atoms with Crippen LogP contribution in [0.2, 0.25) is 0 Å². The lowest BCUT2D eigenvalue weighted by Gasteiger charge is -2.38. The number of rotatable bonds is 9. The van der Waals surface area contributed by atoms with Gasteiger partial charge in [-0.15, -0.1) is 0 Å². The van der Waals surface area contributed by atoms with Gasteiger partial charge < -0.3 is 10.6 Å². The van der Waals surface area contributed by atoms with Crippen LogP contribution in [-0.4, -0.2) is 63.0 Å². The van der Waals surface area contributed by atoms with Crippen molar-refractivity contribution in [2.45, 2.75) is 65.6 Å². The van der Waals surface area contributed by atoms with Crippen molar-refractivity contribution in [1.29, 1.82) is 0 Å². The van der Waals surface area contributed by atoms with Crippen LogP contribution in [0.15, 0.2) is 35.3 Å². The number of hydrogen-bond donors (Lipinski definition) is 2. The second-order valence-corrected chi connectivity index (χ2v) is 11.7. The molecule has 2 N–H and O–H groups in total. The molecule has 170 valence electrons. The van der Waals surface area contributed by atoms with Crippen molar-refractivity contribution in [3.8, 4) is 0 Å². The Morgan fingerprint density at radius 1 is 1.27 bits per heavy atom. The first-order chi connectivity index (χ1) is 14.1. The third-order valence-electron chi connectivity index (χ3n) is 5.74. The fourth-order valence-corrected chi connectivity index (χ4v) is 4.68. The maximum atomic E-state index is 11.5. The van der Waals surface area contributed by atoms with Gasteiger partial charge in [-0.25, -0.2) is 8.42 Å². The van der Waals surface area contributed by atoms with Crippen LogP contribution >= 0.6 is 0 Å². The molecule has 0 bridgehead atoms. The van der Waals surface area contributed by atoms with Crippen LogP contribution in [0.5, 0.6) is 0 Å². The first-order valence-electron chi connectivity index (χ1n) is 11.1. The molecule has 0 radical (unpaired) electrons. The molecule has 7 heteroatoms. The molecule has 2 rings (SSSR count). The van der Waals surface area contributed by atoms with Crippen LogP contribution in [0.25, 0.3) is 0 Å². The molecule has 30 heavy (non-hydrogen) atoms. The van der Waals surface area contributed by atoms with Crippen LogP contribution in [-0.2, 0) is 16.4 Å². The Labute approximate surface area is 183 Å². The Morgan fingerprint density at radius 3 is 2.57 bits per heavy atom. The minimum atomic E-state index is -2.95. The van der Waals surface area contributed by atoms with E-state index in [1.807, 2.05) is 0 Å². The lowest BCUT2D eigenvalue weighted by molar-refractivity contribution is 0.134. The molecule has 2 unspecified atom stereocenters. The monoisotopic (exact) mass is 436 g/mol. The Bertz CT molecular complexity index is 778. The smallest absolute Gasteiger partial charge is 0.191 e. The Morgan fingerprint density at radius 2 is 1.97 bits per heavy atom. The summed E-state index contributed by atoms with van der Waals surface area (Å²) in [6.45, 7) is 12.0. The highest BCUT2D eigenvalue weighted by Crippen LogP contribution is 2.22. The van der Waals surface area contributed by atoms with E-state index in [4.69, 9.17) is 4.99 Å². The summed E-state index contributed by atoms with van der Waals surface area (Å²) in [6.07, 6.45) is 4.07. The molecule has 1 saturated heterocycles. The SMILES string of the molecule is CCNC(=NCC(C)(C)CCS(C)(=O)=O)NC1CCN(Cc2ccccc2)C(C)C1. The normalized spacial score (nSPS) is 21.4. The second kappa shape index (κ2) is 11.1. The molecule has 0 amide bonds. The first kappa shape index (κ1) is 24.7. The van der Waals surface area contributed by atoms with Gasteiger partial charge in [-0.2, -0.15) is 0 Å². The summed E-state index contributed by atoms with van der Waals surface area (Å²) in [4.78, 5) is 7.33. The lowest BCUT2D eigenvalue weighted by atomic mass is 9.90. The predicted octanol–water partition coefficient (Wildman–Crippen LogP) is 3.06. The van der Waals surface area contributed by atoms with E-state index in [9.17, 15) is 8.42 Å². The number of nitrogens with one attached hydrogen (secondary N) is 2. The van der Waals surface area contributed by atoms with Crippen LogP contribution in [0.3, 0.4) is 0 Å². The molecule has 1 aromatic rings. The number of guanidine groups is 1. The molecular weight excluding hydrogens is 396 g/mol. The average Bonchev–Trinajstić information content (AvgIpc) is 2.67. The number of hydrogen-bond acceptors (Lipinski definition) is 4. The number of likely N-dealkylation sites (tertiary alicyclic amines) is 1. The molecule has 1 heterocycles. The number of nitrogens with zero attached hydrogens (tertiary/aromatic N) is 2. The van der Waals surface area contributed by atoms with Crippen LogP contribution in [0.4, 0.5) is 0 Å². The van der Waals surface area contributed by atoms with E-state index < -0.39 is 9.84 Å². The molecule has 0 aromatic heterocycles. The Hall–Kier alpha value is -1.60. The van der Waals surface area contributed by atoms with Crippen molar-refractivity contribution in [3.05, 3.63) is 35.9 Å². The quantitative estimate of drug-likeness (QED) is 0.460. The molecule has 0 saturated carbocycles. The van der Waals surface area contributed by atoms with Crippen molar-refractivity contribution in [2.24, 2.45) is 10.4 Å². The van der Waals surface area contributed by atoms with Crippen molar-refractivity contribution in [1.82, 2.24) is 15.5 Å². The largest absolute Gasteiger partial charge is 0.357 e. The molecule has 1 fully saturated rings. The van der Waals surface area contributed by atoms with Crippen LogP contribution < -0.4 is 10.6 Å². The molecule has 6 nitrogen and oxygen atoms in total. The third-order valence-corrected chi connectivity index (χ3v) is 6.69. The third kappa shape index (κ3) is 9.04. The summed E-state index contributed by atoms with van der Waals surface area (Å²) in [5, 5.41) is 6.96. The topological polar surface area (TPSA) is 73.8 Å². The van der Waals surface area contributed by atoms with E-state index in [1.165, 1.54) is 11.8 Å². The van der Waals surface area contributed by atoms with Gasteiger partial charge in [0.15, 0.2) is 5.96 Å². The number of aliphatic imine (C=N–C) groups is 1. The zero-order chi connectivity index (χ0) is 22.2. The van der Waals surface area contributed by atoms with E-state index in [0.717, 1.165) is 38.4 Å². The predicted molar refractivity (Wildman–Crippen MR) is 127 cm³/mol. The molecule has 1 aliphatic heterocycles. The number of piperidine rings is 1. The maximum Gasteiger partial charge on any atom is 0.191 e. The fourth-order valence-electron chi connectivity index (χ4n) is 3.75. The van der Waals surface area contributed by atoms with E-state index in [0.29, 0.717) is 25.0 Å². The van der Waals surface area contributed by atoms with Gasteiger partial charge in [0.2, 0.25) is 0 Å². The van der Waals surface area contributed by atoms with Gasteiger partial charge in [0.25, 0.3) is 0 Å². The summed E-state index contributed by atoms with van der Waals surface area (Å²) < 4.78 is 23.0. The zero-order valence-electron chi connectivity index (χ0n) is 19.3. The van der Waals surface area contributed by atoms with E-state index in [1.54, 1.807) is 0 Å². The van der Waals surface area contributed by atoms with Gasteiger partial charge in [-0.3, -0.25) is 9.89 Å². The average molecular weight is 437 g/mol. The van der Waals surface area contributed by atoms with Crippen LogP contribution in [0.1, 0.15) is 52.5 Å². The summed E-state index contributed by atoms with van der Waals surface area (Å²) in [6, 6.07) is 11.6. The Balaban J connectivity index is 1.89. The molecule has 1 aromatic carbocycles. The molecule has 2 atom stereocenters. The summed E-state index contributed by atoms with van der Waals surface area (Å²) in [5.74, 6) is 1.04. The van der Waals surface area contributed by atoms with Gasteiger partial charge >= 0.3 is 0 Å². The Kier molecular flexibility index (Phi) is 9.16. The number of benzene rings is 1.